The van der Waals surface area contributed by atoms with Gasteiger partial charge in [-0.25, -0.2) is 4.39 Å². The summed E-state index contributed by atoms with van der Waals surface area (Å²) in [4.78, 5) is 0. The first-order chi connectivity index (χ1) is 8.15. The molecule has 0 atom stereocenters. The minimum atomic E-state index is -0.227. The van der Waals surface area contributed by atoms with Gasteiger partial charge in [0.2, 0.25) is 0 Å². The molecule has 4 heteroatoms. The monoisotopic (exact) mass is 273 g/mol. The molecule has 1 N–H and O–H groups in total. The zero-order chi connectivity index (χ0) is 12.3. The number of rotatable bonds is 5. The molecule has 1 nitrogen and oxygen atoms in total. The van der Waals surface area contributed by atoms with Crippen LogP contribution in [0.1, 0.15) is 24.8 Å². The van der Waals surface area contributed by atoms with Gasteiger partial charge in [-0.1, -0.05) is 18.0 Å². The summed E-state index contributed by atoms with van der Waals surface area (Å²) < 4.78 is 13.5. The van der Waals surface area contributed by atoms with Gasteiger partial charge in [0.1, 0.15) is 5.82 Å². The maximum Gasteiger partial charge on any atom is 0.123 e. The first kappa shape index (κ1) is 13.2. The first-order valence-corrected chi connectivity index (χ1v) is 7.45. The summed E-state index contributed by atoms with van der Waals surface area (Å²) in [5.74, 6) is -0.227. The van der Waals surface area contributed by atoms with Crippen molar-refractivity contribution < 1.29 is 4.39 Å². The van der Waals surface area contributed by atoms with Gasteiger partial charge < -0.3 is 5.32 Å². The molecule has 0 aliphatic heterocycles. The molecular weight excluding hydrogens is 257 g/mol. The number of nitrogens with one attached hydrogen (secondary N) is 1. The van der Waals surface area contributed by atoms with Gasteiger partial charge in [0, 0.05) is 22.9 Å². The minimum Gasteiger partial charge on any atom is -0.311 e. The van der Waals surface area contributed by atoms with Crippen LogP contribution in [0.3, 0.4) is 0 Å². The van der Waals surface area contributed by atoms with E-state index in [4.69, 9.17) is 11.6 Å². The van der Waals surface area contributed by atoms with Gasteiger partial charge in [0.25, 0.3) is 0 Å². The Morgan fingerprint density at radius 1 is 1.47 bits per heavy atom. The smallest absolute Gasteiger partial charge is 0.123 e. The summed E-state index contributed by atoms with van der Waals surface area (Å²) in [5.41, 5.74) is 0.835. The topological polar surface area (TPSA) is 12.0 Å². The molecule has 1 saturated carbocycles. The molecule has 0 heterocycles. The Hall–Kier alpha value is -0.250. The lowest BCUT2D eigenvalue weighted by molar-refractivity contribution is 0.345. The fraction of sp³-hybridized carbons (Fsp3) is 0.538. The summed E-state index contributed by atoms with van der Waals surface area (Å²) in [6, 6.07) is 4.50. The van der Waals surface area contributed by atoms with Crippen LogP contribution >= 0.6 is 23.4 Å². The molecule has 2 rings (SSSR count). The Labute approximate surface area is 111 Å². The van der Waals surface area contributed by atoms with E-state index >= 15 is 0 Å². The lowest BCUT2D eigenvalue weighted by Gasteiger charge is -2.40. The van der Waals surface area contributed by atoms with Crippen molar-refractivity contribution in [1.29, 1.82) is 0 Å². The van der Waals surface area contributed by atoms with Crippen molar-refractivity contribution in [3.05, 3.63) is 34.6 Å². The van der Waals surface area contributed by atoms with E-state index in [9.17, 15) is 4.39 Å². The van der Waals surface area contributed by atoms with Crippen LogP contribution < -0.4 is 5.32 Å². The normalized spacial score (nSPS) is 17.8. The predicted molar refractivity (Wildman–Crippen MR) is 73.2 cm³/mol. The molecule has 0 radical (unpaired) electrons. The number of hydrogen-bond donors (Lipinski definition) is 1. The Morgan fingerprint density at radius 3 is 2.82 bits per heavy atom. The summed E-state index contributed by atoms with van der Waals surface area (Å²) in [7, 11) is 0. The zero-order valence-corrected chi connectivity index (χ0v) is 11.5. The largest absolute Gasteiger partial charge is 0.311 e. The van der Waals surface area contributed by atoms with Crippen LogP contribution in [-0.2, 0) is 6.54 Å². The van der Waals surface area contributed by atoms with Crippen LogP contribution in [0.5, 0.6) is 0 Å². The van der Waals surface area contributed by atoms with Crippen molar-refractivity contribution in [2.24, 2.45) is 0 Å². The predicted octanol–water partition coefficient (Wildman–Crippen LogP) is 3.85. The van der Waals surface area contributed by atoms with Gasteiger partial charge in [-0.15, -0.1) is 0 Å². The molecule has 1 aromatic rings. The molecular formula is C13H17ClFNS. The molecule has 0 saturated heterocycles. The Kier molecular flexibility index (Phi) is 4.34. The molecule has 17 heavy (non-hydrogen) atoms. The minimum absolute atomic E-state index is 0.227. The second kappa shape index (κ2) is 5.59. The van der Waals surface area contributed by atoms with E-state index in [1.807, 2.05) is 11.8 Å². The van der Waals surface area contributed by atoms with Crippen molar-refractivity contribution in [3.63, 3.8) is 0 Å². The number of thioether (sulfide) groups is 1. The SMILES string of the molecule is CSC1(CNCc2cc(F)ccc2Cl)CCC1. The lowest BCUT2D eigenvalue weighted by Crippen LogP contribution is -2.43. The zero-order valence-electron chi connectivity index (χ0n) is 9.93. The van der Waals surface area contributed by atoms with E-state index in [1.54, 1.807) is 6.07 Å². The fourth-order valence-corrected chi connectivity index (χ4v) is 3.26. The quantitative estimate of drug-likeness (QED) is 0.874. The van der Waals surface area contributed by atoms with Gasteiger partial charge in [-0.2, -0.15) is 11.8 Å². The summed E-state index contributed by atoms with van der Waals surface area (Å²) in [6.07, 6.45) is 6.04. The highest BCUT2D eigenvalue weighted by atomic mass is 35.5. The molecule has 0 amide bonds. The van der Waals surface area contributed by atoms with Crippen LogP contribution in [0, 0.1) is 5.82 Å². The van der Waals surface area contributed by atoms with Gasteiger partial charge in [-0.3, -0.25) is 0 Å². The van der Waals surface area contributed by atoms with Gasteiger partial charge in [-0.05, 0) is 42.9 Å². The molecule has 94 valence electrons. The summed E-state index contributed by atoms with van der Waals surface area (Å²) >= 11 is 7.95. The van der Waals surface area contributed by atoms with E-state index in [-0.39, 0.29) is 5.82 Å². The highest BCUT2D eigenvalue weighted by Gasteiger charge is 2.35. The number of benzene rings is 1. The molecule has 1 aliphatic rings. The van der Waals surface area contributed by atoms with E-state index in [0.717, 1.165) is 12.1 Å². The van der Waals surface area contributed by atoms with Crippen LogP contribution in [0.4, 0.5) is 4.39 Å². The standard InChI is InChI=1S/C13H17ClFNS/c1-17-13(5-2-6-13)9-16-8-10-7-11(15)3-4-12(10)14/h3-4,7,16H,2,5-6,8-9H2,1H3. The van der Waals surface area contributed by atoms with E-state index in [0.29, 0.717) is 16.3 Å². The molecule has 1 aliphatic carbocycles. The molecule has 0 bridgehead atoms. The lowest BCUT2D eigenvalue weighted by atomic mass is 9.84. The third-order valence-corrected chi connectivity index (χ3v) is 5.26. The summed E-state index contributed by atoms with van der Waals surface area (Å²) in [5, 5.41) is 4.02. The second-order valence-electron chi connectivity index (χ2n) is 4.58. The molecule has 0 spiro atoms. The average Bonchev–Trinajstić information content (AvgIpc) is 2.27. The molecule has 1 fully saturated rings. The average molecular weight is 274 g/mol. The summed E-state index contributed by atoms with van der Waals surface area (Å²) in [6.45, 7) is 1.61. The highest BCUT2D eigenvalue weighted by Crippen LogP contribution is 2.42. The molecule has 1 aromatic carbocycles. The van der Waals surface area contributed by atoms with E-state index in [2.05, 4.69) is 11.6 Å². The van der Waals surface area contributed by atoms with Crippen LogP contribution in [-0.4, -0.2) is 17.5 Å². The van der Waals surface area contributed by atoms with Crippen LogP contribution in [0.2, 0.25) is 5.02 Å². The Bertz CT molecular complexity index is 387. The van der Waals surface area contributed by atoms with E-state index < -0.39 is 0 Å². The van der Waals surface area contributed by atoms with Gasteiger partial charge in [0.05, 0.1) is 0 Å². The molecule has 0 aromatic heterocycles. The van der Waals surface area contributed by atoms with Crippen LogP contribution in [0.25, 0.3) is 0 Å². The molecule has 0 unspecified atom stereocenters. The maximum atomic E-state index is 13.1. The van der Waals surface area contributed by atoms with Crippen molar-refractivity contribution in [2.45, 2.75) is 30.6 Å². The van der Waals surface area contributed by atoms with Gasteiger partial charge >= 0.3 is 0 Å². The maximum absolute atomic E-state index is 13.1. The van der Waals surface area contributed by atoms with Crippen molar-refractivity contribution in [3.8, 4) is 0 Å². The van der Waals surface area contributed by atoms with E-state index in [1.165, 1.54) is 31.4 Å². The third-order valence-electron chi connectivity index (χ3n) is 3.47. The van der Waals surface area contributed by atoms with Crippen molar-refractivity contribution >= 4 is 23.4 Å². The van der Waals surface area contributed by atoms with Gasteiger partial charge in [0.15, 0.2) is 0 Å². The van der Waals surface area contributed by atoms with Crippen LogP contribution in [0.15, 0.2) is 18.2 Å². The third kappa shape index (κ3) is 3.15. The Morgan fingerprint density at radius 2 is 2.24 bits per heavy atom. The fourth-order valence-electron chi connectivity index (χ4n) is 2.13. The van der Waals surface area contributed by atoms with Crippen molar-refractivity contribution in [1.82, 2.24) is 5.32 Å². The number of hydrogen-bond acceptors (Lipinski definition) is 2. The van der Waals surface area contributed by atoms with Crippen molar-refractivity contribution in [2.75, 3.05) is 12.8 Å². The Balaban J connectivity index is 1.87. The number of halogens is 2. The second-order valence-corrected chi connectivity index (χ2v) is 6.26. The first-order valence-electron chi connectivity index (χ1n) is 5.85. The highest BCUT2D eigenvalue weighted by molar-refractivity contribution is 8.00.